The summed E-state index contributed by atoms with van der Waals surface area (Å²) in [5, 5.41) is 12.0. The number of benzene rings is 1. The molecule has 0 aliphatic heterocycles. The van der Waals surface area contributed by atoms with E-state index < -0.39 is 0 Å². The van der Waals surface area contributed by atoms with Crippen molar-refractivity contribution in [3.63, 3.8) is 0 Å². The zero-order chi connectivity index (χ0) is 15.7. The van der Waals surface area contributed by atoms with Crippen LogP contribution in [0.2, 0.25) is 0 Å². The highest BCUT2D eigenvalue weighted by molar-refractivity contribution is 5.98. The summed E-state index contributed by atoms with van der Waals surface area (Å²) in [5.41, 5.74) is 7.62. The maximum absolute atomic E-state index is 8.92. The van der Waals surface area contributed by atoms with E-state index in [2.05, 4.69) is 23.9 Å². The van der Waals surface area contributed by atoms with Crippen LogP contribution in [-0.4, -0.2) is 42.2 Å². The molecule has 0 atom stereocenters. The summed E-state index contributed by atoms with van der Waals surface area (Å²) in [7, 11) is 1.72. The average molecular weight is 293 g/mol. The molecule has 1 aromatic rings. The molecule has 5 heteroatoms. The molecule has 0 amide bonds. The largest absolute Gasteiger partial charge is 0.409 e. The third-order valence-corrected chi connectivity index (χ3v) is 3.82. The van der Waals surface area contributed by atoms with Crippen molar-refractivity contribution in [2.75, 3.05) is 20.3 Å². The van der Waals surface area contributed by atoms with E-state index in [-0.39, 0.29) is 5.84 Å². The molecule has 1 rings (SSSR count). The maximum Gasteiger partial charge on any atom is 0.170 e. The number of nitrogens with two attached hydrogens (primary N) is 1. The molecule has 0 unspecified atom stereocenters. The highest BCUT2D eigenvalue weighted by atomic mass is 16.5. The summed E-state index contributed by atoms with van der Waals surface area (Å²) < 4.78 is 5.22. The first kappa shape index (κ1) is 17.5. The van der Waals surface area contributed by atoms with E-state index in [9.17, 15) is 0 Å². The predicted octanol–water partition coefficient (Wildman–Crippen LogP) is 2.42. The fourth-order valence-electron chi connectivity index (χ4n) is 2.59. The van der Waals surface area contributed by atoms with E-state index in [1.54, 1.807) is 7.11 Å². The maximum atomic E-state index is 8.92. The summed E-state index contributed by atoms with van der Waals surface area (Å²) in [6.45, 7) is 6.73. The Bertz CT molecular complexity index is 445. The van der Waals surface area contributed by atoms with Gasteiger partial charge >= 0.3 is 0 Å². The van der Waals surface area contributed by atoms with Gasteiger partial charge in [-0.15, -0.1) is 0 Å². The van der Waals surface area contributed by atoms with Crippen LogP contribution >= 0.6 is 0 Å². The van der Waals surface area contributed by atoms with Crippen LogP contribution in [-0.2, 0) is 11.3 Å². The number of ether oxygens (including phenoxy) is 1. The average Bonchev–Trinajstić information content (AvgIpc) is 2.53. The molecule has 0 aliphatic rings. The molecule has 5 nitrogen and oxygen atoms in total. The van der Waals surface area contributed by atoms with Gasteiger partial charge in [0.25, 0.3) is 0 Å². The van der Waals surface area contributed by atoms with E-state index in [1.165, 1.54) is 0 Å². The van der Waals surface area contributed by atoms with Crippen LogP contribution in [0.5, 0.6) is 0 Å². The van der Waals surface area contributed by atoms with Crippen molar-refractivity contribution < 1.29 is 9.94 Å². The quantitative estimate of drug-likeness (QED) is 0.317. The number of hydrogen-bond acceptors (Lipinski definition) is 4. The molecule has 0 heterocycles. The fraction of sp³-hybridized carbons (Fsp3) is 0.562. The third kappa shape index (κ3) is 5.02. The molecule has 0 radical (unpaired) electrons. The lowest BCUT2D eigenvalue weighted by atomic mass is 10.0. The Morgan fingerprint density at radius 2 is 2.00 bits per heavy atom. The number of nitrogens with zero attached hydrogens (tertiary/aromatic N) is 2. The van der Waals surface area contributed by atoms with Crippen LogP contribution in [0, 0.1) is 0 Å². The van der Waals surface area contributed by atoms with Gasteiger partial charge < -0.3 is 15.7 Å². The lowest BCUT2D eigenvalue weighted by molar-refractivity contribution is 0.110. The van der Waals surface area contributed by atoms with Crippen molar-refractivity contribution in [3.05, 3.63) is 35.4 Å². The van der Waals surface area contributed by atoms with Crippen LogP contribution in [0.15, 0.2) is 29.4 Å². The molecule has 0 aliphatic carbocycles. The van der Waals surface area contributed by atoms with Gasteiger partial charge in [0.15, 0.2) is 5.84 Å². The van der Waals surface area contributed by atoms with Crippen molar-refractivity contribution in [2.45, 2.75) is 39.3 Å². The highest BCUT2D eigenvalue weighted by Crippen LogP contribution is 2.16. The van der Waals surface area contributed by atoms with Gasteiger partial charge in [0.2, 0.25) is 0 Å². The summed E-state index contributed by atoms with van der Waals surface area (Å²) >= 11 is 0. The number of oxime groups is 1. The van der Waals surface area contributed by atoms with Gasteiger partial charge in [0, 0.05) is 31.8 Å². The van der Waals surface area contributed by atoms with E-state index >= 15 is 0 Å². The molecule has 0 aromatic heterocycles. The normalized spacial score (nSPS) is 12.3. The van der Waals surface area contributed by atoms with Gasteiger partial charge in [-0.25, -0.2) is 0 Å². The van der Waals surface area contributed by atoms with Gasteiger partial charge in [-0.3, -0.25) is 4.90 Å². The van der Waals surface area contributed by atoms with Crippen molar-refractivity contribution >= 4 is 5.84 Å². The van der Waals surface area contributed by atoms with E-state index in [0.717, 1.165) is 37.1 Å². The predicted molar refractivity (Wildman–Crippen MR) is 85.6 cm³/mol. The first-order valence-electron chi connectivity index (χ1n) is 7.46. The summed E-state index contributed by atoms with van der Waals surface area (Å²) in [4.78, 5) is 2.40. The lowest BCUT2D eigenvalue weighted by Gasteiger charge is -2.30. The summed E-state index contributed by atoms with van der Waals surface area (Å²) in [6.07, 6.45) is 2.18. The summed E-state index contributed by atoms with van der Waals surface area (Å²) in [5.74, 6) is 0.154. The minimum Gasteiger partial charge on any atom is -0.409 e. The van der Waals surface area contributed by atoms with E-state index in [4.69, 9.17) is 15.7 Å². The van der Waals surface area contributed by atoms with E-state index in [0.29, 0.717) is 12.6 Å². The smallest absolute Gasteiger partial charge is 0.170 e. The molecule has 1 aromatic carbocycles. The highest BCUT2D eigenvalue weighted by Gasteiger charge is 2.17. The molecule has 0 saturated heterocycles. The minimum atomic E-state index is 0.154. The van der Waals surface area contributed by atoms with E-state index in [1.807, 2.05) is 24.3 Å². The first-order chi connectivity index (χ1) is 10.2. The first-order valence-corrected chi connectivity index (χ1v) is 7.46. The van der Waals surface area contributed by atoms with Crippen LogP contribution < -0.4 is 5.73 Å². The van der Waals surface area contributed by atoms with Gasteiger partial charge in [-0.2, -0.15) is 0 Å². The zero-order valence-corrected chi connectivity index (χ0v) is 13.2. The Morgan fingerprint density at radius 3 is 2.57 bits per heavy atom. The van der Waals surface area contributed by atoms with Crippen LogP contribution in [0.25, 0.3) is 0 Å². The second-order valence-electron chi connectivity index (χ2n) is 5.08. The van der Waals surface area contributed by atoms with Crippen molar-refractivity contribution in [1.82, 2.24) is 4.90 Å². The number of rotatable bonds is 9. The Balaban J connectivity index is 2.97. The molecular weight excluding hydrogens is 266 g/mol. The van der Waals surface area contributed by atoms with Gasteiger partial charge in [0.05, 0.1) is 6.61 Å². The Kier molecular flexibility index (Phi) is 7.79. The van der Waals surface area contributed by atoms with Gasteiger partial charge in [-0.05, 0) is 18.4 Å². The molecule has 3 N–H and O–H groups in total. The minimum absolute atomic E-state index is 0.154. The molecule has 0 fully saturated rings. The molecule has 21 heavy (non-hydrogen) atoms. The summed E-state index contributed by atoms with van der Waals surface area (Å²) in [6, 6.07) is 8.28. The monoisotopic (exact) mass is 293 g/mol. The second kappa shape index (κ2) is 9.37. The van der Waals surface area contributed by atoms with Crippen molar-refractivity contribution in [1.29, 1.82) is 0 Å². The molecule has 0 saturated carbocycles. The number of methoxy groups -OCH3 is 1. The second-order valence-corrected chi connectivity index (χ2v) is 5.08. The third-order valence-electron chi connectivity index (χ3n) is 3.82. The fourth-order valence-corrected chi connectivity index (χ4v) is 2.59. The lowest BCUT2D eigenvalue weighted by Crippen LogP contribution is -2.37. The van der Waals surface area contributed by atoms with Crippen LogP contribution in [0.4, 0.5) is 0 Å². The molecule has 0 spiro atoms. The molecular formula is C16H27N3O2. The molecule has 0 bridgehead atoms. The van der Waals surface area contributed by atoms with Crippen molar-refractivity contribution in [3.8, 4) is 0 Å². The Morgan fingerprint density at radius 1 is 1.33 bits per heavy atom. The van der Waals surface area contributed by atoms with Crippen molar-refractivity contribution in [2.24, 2.45) is 10.9 Å². The van der Waals surface area contributed by atoms with Crippen LogP contribution in [0.1, 0.15) is 37.8 Å². The molecule has 118 valence electrons. The standard InChI is InChI=1S/C16H27N3O2/c1-4-14(5-2)19(10-11-21-3)12-13-8-6-7-9-15(13)16(17)18-20/h6-9,14,20H,4-5,10-12H2,1-3H3,(H2,17,18). The zero-order valence-electron chi connectivity index (χ0n) is 13.2. The SMILES string of the molecule is CCC(CC)N(CCOC)Cc1ccccc1C(N)=NO. The van der Waals surface area contributed by atoms with Gasteiger partial charge in [-0.1, -0.05) is 43.3 Å². The Hall–Kier alpha value is -1.59. The number of hydrogen-bond donors (Lipinski definition) is 2. The van der Waals surface area contributed by atoms with Crippen LogP contribution in [0.3, 0.4) is 0 Å². The van der Waals surface area contributed by atoms with Gasteiger partial charge in [0.1, 0.15) is 0 Å². The topological polar surface area (TPSA) is 71.1 Å². The Labute approximate surface area is 127 Å². The number of amidine groups is 1.